The molecule has 21 heavy (non-hydrogen) atoms. The molecule has 2 aromatic carbocycles. The molecular formula is C16H15ClFN3. The minimum absolute atomic E-state index is 0.296. The number of para-hydroxylation sites is 1. The number of aromatic nitrogens is 2. The Bertz CT molecular complexity index is 797. The van der Waals surface area contributed by atoms with E-state index in [1.807, 2.05) is 31.3 Å². The zero-order chi connectivity index (χ0) is 15.0. The van der Waals surface area contributed by atoms with Crippen molar-refractivity contribution in [2.45, 2.75) is 12.5 Å². The minimum Gasteiger partial charge on any atom is -0.322 e. The Kier molecular flexibility index (Phi) is 3.66. The molecule has 0 radical (unpaired) electrons. The topological polar surface area (TPSA) is 43.8 Å². The maximum Gasteiger partial charge on any atom is 0.126 e. The van der Waals surface area contributed by atoms with E-state index in [-0.39, 0.29) is 11.9 Å². The van der Waals surface area contributed by atoms with Crippen LogP contribution in [0, 0.1) is 5.82 Å². The number of halogens is 2. The van der Waals surface area contributed by atoms with Crippen LogP contribution < -0.4 is 5.73 Å². The van der Waals surface area contributed by atoms with Gasteiger partial charge in [-0.25, -0.2) is 4.39 Å². The minimum atomic E-state index is -0.385. The first-order valence-corrected chi connectivity index (χ1v) is 7.05. The lowest BCUT2D eigenvalue weighted by atomic mass is 10.0. The molecule has 1 atom stereocenters. The van der Waals surface area contributed by atoms with E-state index in [9.17, 15) is 4.39 Å². The van der Waals surface area contributed by atoms with Gasteiger partial charge >= 0.3 is 0 Å². The maximum absolute atomic E-state index is 13.8. The average molecular weight is 304 g/mol. The molecule has 0 amide bonds. The lowest BCUT2D eigenvalue weighted by Crippen LogP contribution is -2.15. The van der Waals surface area contributed by atoms with Crippen LogP contribution in [-0.4, -0.2) is 9.78 Å². The molecular weight excluding hydrogens is 289 g/mol. The standard InChI is InChI=1S/C16H15ClFN3/c1-21-15-5-3-2-4-12(15)16(20-21)14(19)9-10-8-11(17)6-7-13(10)18/h2-8,14H,9,19H2,1H3. The third-order valence-corrected chi connectivity index (χ3v) is 3.82. The number of nitrogens with zero attached hydrogens (tertiary/aromatic N) is 2. The van der Waals surface area contributed by atoms with Gasteiger partial charge in [-0.2, -0.15) is 5.10 Å². The summed E-state index contributed by atoms with van der Waals surface area (Å²) in [6, 6.07) is 12.0. The zero-order valence-corrected chi connectivity index (χ0v) is 12.3. The molecule has 5 heteroatoms. The van der Waals surface area contributed by atoms with Crippen LogP contribution in [-0.2, 0) is 13.5 Å². The maximum atomic E-state index is 13.8. The van der Waals surface area contributed by atoms with Crippen LogP contribution in [0.4, 0.5) is 4.39 Å². The molecule has 0 aliphatic carbocycles. The van der Waals surface area contributed by atoms with Crippen LogP contribution in [0.5, 0.6) is 0 Å². The molecule has 108 valence electrons. The van der Waals surface area contributed by atoms with Gasteiger partial charge in [0.05, 0.1) is 17.3 Å². The van der Waals surface area contributed by atoms with Gasteiger partial charge in [0.2, 0.25) is 0 Å². The molecule has 0 saturated carbocycles. The number of rotatable bonds is 3. The number of fused-ring (bicyclic) bond motifs is 1. The van der Waals surface area contributed by atoms with Gasteiger partial charge in [0.15, 0.2) is 0 Å². The first-order valence-electron chi connectivity index (χ1n) is 6.67. The highest BCUT2D eigenvalue weighted by molar-refractivity contribution is 6.30. The largest absolute Gasteiger partial charge is 0.322 e. The molecule has 1 aromatic heterocycles. The van der Waals surface area contributed by atoms with Crippen molar-refractivity contribution in [3.05, 3.63) is 64.6 Å². The third kappa shape index (κ3) is 2.64. The molecule has 1 unspecified atom stereocenters. The molecule has 0 fully saturated rings. The molecule has 3 aromatic rings. The molecule has 2 N–H and O–H groups in total. The van der Waals surface area contributed by atoms with Gasteiger partial charge in [-0.15, -0.1) is 0 Å². The number of nitrogens with two attached hydrogens (primary N) is 1. The fourth-order valence-electron chi connectivity index (χ4n) is 2.55. The highest BCUT2D eigenvalue weighted by Gasteiger charge is 2.17. The van der Waals surface area contributed by atoms with Crippen molar-refractivity contribution in [1.82, 2.24) is 9.78 Å². The van der Waals surface area contributed by atoms with Crippen LogP contribution >= 0.6 is 11.6 Å². The molecule has 3 rings (SSSR count). The predicted molar refractivity (Wildman–Crippen MR) is 82.8 cm³/mol. The molecule has 0 saturated heterocycles. The highest BCUT2D eigenvalue weighted by atomic mass is 35.5. The normalized spacial score (nSPS) is 12.8. The Balaban J connectivity index is 1.97. The summed E-state index contributed by atoms with van der Waals surface area (Å²) in [5.41, 5.74) is 8.52. The van der Waals surface area contributed by atoms with Crippen LogP contribution in [0.25, 0.3) is 10.9 Å². The zero-order valence-electron chi connectivity index (χ0n) is 11.6. The number of hydrogen-bond donors (Lipinski definition) is 1. The monoisotopic (exact) mass is 303 g/mol. The number of aryl methyl sites for hydroxylation is 1. The van der Waals surface area contributed by atoms with Gasteiger partial charge in [-0.05, 0) is 36.2 Å². The lowest BCUT2D eigenvalue weighted by Gasteiger charge is -2.11. The van der Waals surface area contributed by atoms with Crippen LogP contribution in [0.1, 0.15) is 17.3 Å². The van der Waals surface area contributed by atoms with Crippen molar-refractivity contribution >= 4 is 22.5 Å². The number of hydrogen-bond acceptors (Lipinski definition) is 2. The summed E-state index contributed by atoms with van der Waals surface area (Å²) < 4.78 is 15.6. The van der Waals surface area contributed by atoms with Crippen molar-refractivity contribution in [3.8, 4) is 0 Å². The summed E-state index contributed by atoms with van der Waals surface area (Å²) >= 11 is 5.92. The summed E-state index contributed by atoms with van der Waals surface area (Å²) in [6.45, 7) is 0. The smallest absolute Gasteiger partial charge is 0.126 e. The van der Waals surface area contributed by atoms with Crippen molar-refractivity contribution in [2.75, 3.05) is 0 Å². The summed E-state index contributed by atoms with van der Waals surface area (Å²) in [5, 5.41) is 5.97. The quantitative estimate of drug-likeness (QED) is 0.803. The van der Waals surface area contributed by atoms with E-state index < -0.39 is 0 Å². The lowest BCUT2D eigenvalue weighted by molar-refractivity contribution is 0.587. The first kappa shape index (κ1) is 14.0. The molecule has 0 bridgehead atoms. The first-order chi connectivity index (χ1) is 10.1. The van der Waals surface area contributed by atoms with E-state index in [2.05, 4.69) is 5.10 Å². The molecule has 3 nitrogen and oxygen atoms in total. The molecule has 0 spiro atoms. The van der Waals surface area contributed by atoms with E-state index in [0.29, 0.717) is 17.0 Å². The van der Waals surface area contributed by atoms with Gasteiger partial charge in [-0.1, -0.05) is 29.8 Å². The number of benzene rings is 2. The van der Waals surface area contributed by atoms with Crippen molar-refractivity contribution in [2.24, 2.45) is 12.8 Å². The Morgan fingerprint density at radius 1 is 1.29 bits per heavy atom. The van der Waals surface area contributed by atoms with Gasteiger partial charge in [-0.3, -0.25) is 4.68 Å². The van der Waals surface area contributed by atoms with Crippen molar-refractivity contribution in [1.29, 1.82) is 0 Å². The fraction of sp³-hybridized carbons (Fsp3) is 0.188. The second-order valence-electron chi connectivity index (χ2n) is 5.07. The Labute approximate surface area is 127 Å². The molecule has 0 aliphatic rings. The average Bonchev–Trinajstić information content (AvgIpc) is 2.81. The molecule has 1 heterocycles. The summed E-state index contributed by atoms with van der Waals surface area (Å²) in [6.07, 6.45) is 0.355. The van der Waals surface area contributed by atoms with Gasteiger partial charge < -0.3 is 5.73 Å². The summed E-state index contributed by atoms with van der Waals surface area (Å²) in [7, 11) is 1.87. The van der Waals surface area contributed by atoms with E-state index in [1.165, 1.54) is 12.1 Å². The third-order valence-electron chi connectivity index (χ3n) is 3.59. The predicted octanol–water partition coefficient (Wildman–Crippen LogP) is 3.61. The van der Waals surface area contributed by atoms with Crippen molar-refractivity contribution < 1.29 is 4.39 Å². The fourth-order valence-corrected chi connectivity index (χ4v) is 2.74. The summed E-state index contributed by atoms with van der Waals surface area (Å²) in [4.78, 5) is 0. The van der Waals surface area contributed by atoms with Crippen LogP contribution in [0.2, 0.25) is 5.02 Å². The highest BCUT2D eigenvalue weighted by Crippen LogP contribution is 2.26. The van der Waals surface area contributed by atoms with E-state index in [4.69, 9.17) is 17.3 Å². The SMILES string of the molecule is Cn1nc(C(N)Cc2cc(Cl)ccc2F)c2ccccc21. The Morgan fingerprint density at radius 2 is 2.05 bits per heavy atom. The van der Waals surface area contributed by atoms with E-state index in [0.717, 1.165) is 16.6 Å². The molecule has 0 aliphatic heterocycles. The van der Waals surface area contributed by atoms with Gasteiger partial charge in [0.1, 0.15) is 5.82 Å². The van der Waals surface area contributed by atoms with Crippen molar-refractivity contribution in [3.63, 3.8) is 0 Å². The second kappa shape index (κ2) is 5.47. The van der Waals surface area contributed by atoms with Crippen LogP contribution in [0.3, 0.4) is 0 Å². The Morgan fingerprint density at radius 3 is 2.86 bits per heavy atom. The van der Waals surface area contributed by atoms with Gasteiger partial charge in [0, 0.05) is 17.5 Å². The summed E-state index contributed by atoms with van der Waals surface area (Å²) in [5.74, 6) is -0.296. The Hall–Kier alpha value is -1.91. The second-order valence-corrected chi connectivity index (χ2v) is 5.51. The van der Waals surface area contributed by atoms with E-state index in [1.54, 1.807) is 10.7 Å². The van der Waals surface area contributed by atoms with Gasteiger partial charge in [0.25, 0.3) is 0 Å². The van der Waals surface area contributed by atoms with Crippen LogP contribution in [0.15, 0.2) is 42.5 Å². The van der Waals surface area contributed by atoms with E-state index >= 15 is 0 Å².